The zero-order valence-corrected chi connectivity index (χ0v) is 11.7. The van der Waals surface area contributed by atoms with E-state index in [0.717, 1.165) is 35.5 Å². The zero-order chi connectivity index (χ0) is 13.1. The van der Waals surface area contributed by atoms with Crippen LogP contribution in [0.2, 0.25) is 0 Å². The highest BCUT2D eigenvalue weighted by atomic mass is 16.3. The molecule has 0 aliphatic heterocycles. The summed E-state index contributed by atoms with van der Waals surface area (Å²) >= 11 is 0. The SMILES string of the molecule is CCc1nc2cc(NC(C)CC(C)C)ccc2o1. The van der Waals surface area contributed by atoms with Gasteiger partial charge >= 0.3 is 0 Å². The van der Waals surface area contributed by atoms with E-state index in [2.05, 4.69) is 50.1 Å². The van der Waals surface area contributed by atoms with E-state index in [1.807, 2.05) is 6.07 Å². The van der Waals surface area contributed by atoms with Gasteiger partial charge in [0.05, 0.1) is 0 Å². The normalized spacial score (nSPS) is 13.2. The van der Waals surface area contributed by atoms with E-state index in [-0.39, 0.29) is 0 Å². The maximum absolute atomic E-state index is 5.60. The molecule has 2 aromatic rings. The van der Waals surface area contributed by atoms with Gasteiger partial charge in [-0.2, -0.15) is 0 Å². The van der Waals surface area contributed by atoms with Crippen molar-refractivity contribution in [3.05, 3.63) is 24.1 Å². The van der Waals surface area contributed by atoms with Gasteiger partial charge in [0.15, 0.2) is 11.5 Å². The lowest BCUT2D eigenvalue weighted by Crippen LogP contribution is -2.17. The Balaban J connectivity index is 2.14. The predicted octanol–water partition coefficient (Wildman–Crippen LogP) is 4.24. The number of fused-ring (bicyclic) bond motifs is 1. The number of anilines is 1. The van der Waals surface area contributed by atoms with Crippen LogP contribution in [0.5, 0.6) is 0 Å². The molecule has 0 aliphatic carbocycles. The minimum absolute atomic E-state index is 0.472. The Morgan fingerprint density at radius 3 is 2.72 bits per heavy atom. The van der Waals surface area contributed by atoms with Gasteiger partial charge in [-0.25, -0.2) is 4.98 Å². The molecule has 18 heavy (non-hydrogen) atoms. The van der Waals surface area contributed by atoms with E-state index in [1.165, 1.54) is 0 Å². The summed E-state index contributed by atoms with van der Waals surface area (Å²) in [5.74, 6) is 1.51. The fourth-order valence-corrected chi connectivity index (χ4v) is 2.27. The average Bonchev–Trinajstić information content (AvgIpc) is 2.69. The Kier molecular flexibility index (Phi) is 3.90. The molecular formula is C15H22N2O. The molecular weight excluding hydrogens is 224 g/mol. The number of rotatable bonds is 5. The maximum Gasteiger partial charge on any atom is 0.195 e. The lowest BCUT2D eigenvalue weighted by atomic mass is 10.1. The van der Waals surface area contributed by atoms with Crippen LogP contribution in [0, 0.1) is 5.92 Å². The van der Waals surface area contributed by atoms with Crippen molar-refractivity contribution in [3.8, 4) is 0 Å². The Hall–Kier alpha value is -1.51. The summed E-state index contributed by atoms with van der Waals surface area (Å²) in [5.41, 5.74) is 2.93. The third-order valence-electron chi connectivity index (χ3n) is 2.97. The summed E-state index contributed by atoms with van der Waals surface area (Å²) in [5, 5.41) is 3.51. The van der Waals surface area contributed by atoms with Gasteiger partial charge in [0.25, 0.3) is 0 Å². The largest absolute Gasteiger partial charge is 0.441 e. The quantitative estimate of drug-likeness (QED) is 0.857. The van der Waals surface area contributed by atoms with Crippen LogP contribution < -0.4 is 5.32 Å². The molecule has 0 spiro atoms. The molecule has 3 nitrogen and oxygen atoms in total. The van der Waals surface area contributed by atoms with Gasteiger partial charge in [-0.1, -0.05) is 20.8 Å². The standard InChI is InChI=1S/C15H22N2O/c1-5-15-17-13-9-12(6-7-14(13)18-15)16-11(4)8-10(2)3/h6-7,9-11,16H,5,8H2,1-4H3. The van der Waals surface area contributed by atoms with E-state index in [4.69, 9.17) is 4.42 Å². The minimum Gasteiger partial charge on any atom is -0.441 e. The van der Waals surface area contributed by atoms with Crippen molar-refractivity contribution in [1.29, 1.82) is 0 Å². The number of nitrogens with zero attached hydrogens (tertiary/aromatic N) is 1. The highest BCUT2D eigenvalue weighted by Crippen LogP contribution is 2.21. The zero-order valence-electron chi connectivity index (χ0n) is 11.7. The lowest BCUT2D eigenvalue weighted by molar-refractivity contribution is 0.537. The third-order valence-corrected chi connectivity index (χ3v) is 2.97. The molecule has 1 aromatic heterocycles. The Morgan fingerprint density at radius 1 is 1.28 bits per heavy atom. The summed E-state index contributed by atoms with van der Waals surface area (Å²) in [4.78, 5) is 4.45. The molecule has 1 aromatic carbocycles. The molecule has 0 radical (unpaired) electrons. The Morgan fingerprint density at radius 2 is 2.06 bits per heavy atom. The first-order valence-corrected chi connectivity index (χ1v) is 6.74. The second-order valence-corrected chi connectivity index (χ2v) is 5.32. The molecule has 0 saturated carbocycles. The third kappa shape index (κ3) is 3.03. The number of nitrogens with one attached hydrogen (secondary N) is 1. The van der Waals surface area contributed by atoms with Gasteiger partial charge in [0.1, 0.15) is 5.52 Å². The molecule has 1 unspecified atom stereocenters. The predicted molar refractivity (Wildman–Crippen MR) is 75.9 cm³/mol. The fourth-order valence-electron chi connectivity index (χ4n) is 2.27. The molecule has 2 rings (SSSR count). The molecule has 1 heterocycles. The van der Waals surface area contributed by atoms with Crippen LogP contribution in [0.15, 0.2) is 22.6 Å². The van der Waals surface area contributed by atoms with Crippen LogP contribution >= 0.6 is 0 Å². The van der Waals surface area contributed by atoms with E-state index in [0.29, 0.717) is 12.0 Å². The molecule has 0 bridgehead atoms. The summed E-state index contributed by atoms with van der Waals surface area (Å²) in [6.45, 7) is 8.75. The van der Waals surface area contributed by atoms with Gasteiger partial charge in [-0.05, 0) is 37.5 Å². The number of benzene rings is 1. The van der Waals surface area contributed by atoms with E-state index in [1.54, 1.807) is 0 Å². The summed E-state index contributed by atoms with van der Waals surface area (Å²) in [7, 11) is 0. The summed E-state index contributed by atoms with van der Waals surface area (Å²) < 4.78 is 5.60. The molecule has 0 saturated heterocycles. The van der Waals surface area contributed by atoms with E-state index in [9.17, 15) is 0 Å². The average molecular weight is 246 g/mol. The van der Waals surface area contributed by atoms with Gasteiger partial charge in [0.2, 0.25) is 0 Å². The first-order valence-electron chi connectivity index (χ1n) is 6.74. The highest BCUT2D eigenvalue weighted by Gasteiger charge is 2.08. The number of hydrogen-bond donors (Lipinski definition) is 1. The molecule has 1 N–H and O–H groups in total. The van der Waals surface area contributed by atoms with Gasteiger partial charge in [0, 0.05) is 18.2 Å². The first kappa shape index (κ1) is 12.9. The Labute approximate surface area is 109 Å². The van der Waals surface area contributed by atoms with Crippen LogP contribution in [-0.2, 0) is 6.42 Å². The van der Waals surface area contributed by atoms with Crippen LogP contribution in [0.25, 0.3) is 11.1 Å². The van der Waals surface area contributed by atoms with Gasteiger partial charge < -0.3 is 9.73 Å². The van der Waals surface area contributed by atoms with Crippen molar-refractivity contribution < 1.29 is 4.42 Å². The van der Waals surface area contributed by atoms with E-state index < -0.39 is 0 Å². The van der Waals surface area contributed by atoms with Crippen molar-refractivity contribution in [1.82, 2.24) is 4.98 Å². The summed E-state index contributed by atoms with van der Waals surface area (Å²) in [6.07, 6.45) is 2.00. The van der Waals surface area contributed by atoms with Gasteiger partial charge in [-0.15, -0.1) is 0 Å². The van der Waals surface area contributed by atoms with E-state index >= 15 is 0 Å². The molecule has 0 aliphatic rings. The number of aromatic nitrogens is 1. The molecule has 0 fully saturated rings. The molecule has 98 valence electrons. The Bertz CT molecular complexity index is 516. The smallest absolute Gasteiger partial charge is 0.195 e. The molecule has 0 amide bonds. The highest BCUT2D eigenvalue weighted by molar-refractivity contribution is 5.77. The van der Waals surface area contributed by atoms with Gasteiger partial charge in [-0.3, -0.25) is 0 Å². The minimum atomic E-state index is 0.472. The molecule has 1 atom stereocenters. The summed E-state index contributed by atoms with van der Waals surface area (Å²) in [6, 6.07) is 6.59. The van der Waals surface area contributed by atoms with Crippen molar-refractivity contribution in [2.45, 2.75) is 46.6 Å². The number of aryl methyl sites for hydroxylation is 1. The second kappa shape index (κ2) is 5.42. The van der Waals surface area contributed by atoms with Crippen molar-refractivity contribution in [2.24, 2.45) is 5.92 Å². The number of oxazole rings is 1. The monoisotopic (exact) mass is 246 g/mol. The molecule has 3 heteroatoms. The fraction of sp³-hybridized carbons (Fsp3) is 0.533. The maximum atomic E-state index is 5.60. The van der Waals surface area contributed by atoms with Crippen molar-refractivity contribution in [3.63, 3.8) is 0 Å². The van der Waals surface area contributed by atoms with Crippen LogP contribution in [0.3, 0.4) is 0 Å². The lowest BCUT2D eigenvalue weighted by Gasteiger charge is -2.16. The van der Waals surface area contributed by atoms with Crippen molar-refractivity contribution >= 4 is 16.8 Å². The van der Waals surface area contributed by atoms with Crippen LogP contribution in [0.4, 0.5) is 5.69 Å². The first-order chi connectivity index (χ1) is 8.58. The van der Waals surface area contributed by atoms with Crippen LogP contribution in [0.1, 0.15) is 40.0 Å². The van der Waals surface area contributed by atoms with Crippen molar-refractivity contribution in [2.75, 3.05) is 5.32 Å². The van der Waals surface area contributed by atoms with Crippen LogP contribution in [-0.4, -0.2) is 11.0 Å². The number of hydrogen-bond acceptors (Lipinski definition) is 3. The second-order valence-electron chi connectivity index (χ2n) is 5.32. The topological polar surface area (TPSA) is 38.1 Å².